The summed E-state index contributed by atoms with van der Waals surface area (Å²) in [6.45, 7) is 9.16. The largest absolute Gasteiger partial charge is 0.494 e. The highest BCUT2D eigenvalue weighted by atomic mass is 32.3. The predicted octanol–water partition coefficient (Wildman–Crippen LogP) is 7.42. The highest BCUT2D eigenvalue weighted by Crippen LogP contribution is 2.73. The Morgan fingerprint density at radius 3 is 1.59 bits per heavy atom. The van der Waals surface area contributed by atoms with Gasteiger partial charge in [0.05, 0.1) is 19.8 Å². The third-order valence-corrected chi connectivity index (χ3v) is 8.30. The maximum atomic E-state index is 13.2. The van der Waals surface area contributed by atoms with Crippen molar-refractivity contribution in [2.24, 2.45) is 0 Å². The zero-order chi connectivity index (χ0) is 24.4. The second-order valence-corrected chi connectivity index (χ2v) is 10.1. The highest BCUT2D eigenvalue weighted by molar-refractivity contribution is 8.30. The number of rotatable bonds is 12. The van der Waals surface area contributed by atoms with Crippen molar-refractivity contribution >= 4 is 16.3 Å². The van der Waals surface area contributed by atoms with Gasteiger partial charge in [-0.05, 0) is 51.5 Å². The van der Waals surface area contributed by atoms with Crippen LogP contribution in [0.15, 0.2) is 87.5 Å². The van der Waals surface area contributed by atoms with Crippen LogP contribution in [0.2, 0.25) is 0 Å². The molecule has 0 atom stereocenters. The molecule has 0 saturated heterocycles. The maximum Gasteiger partial charge on any atom is 0.317 e. The van der Waals surface area contributed by atoms with Crippen molar-refractivity contribution < 1.29 is 23.2 Å². The summed E-state index contributed by atoms with van der Waals surface area (Å²) in [7, 11) is -2.55. The summed E-state index contributed by atoms with van der Waals surface area (Å²) in [6.07, 6.45) is 1.01. The van der Waals surface area contributed by atoms with E-state index in [1.807, 2.05) is 100 Å². The van der Waals surface area contributed by atoms with Gasteiger partial charge in [-0.1, -0.05) is 43.3 Å². The zero-order valence-corrected chi connectivity index (χ0v) is 21.2. The van der Waals surface area contributed by atoms with Crippen LogP contribution in [0.3, 0.4) is 0 Å². The van der Waals surface area contributed by atoms with E-state index in [9.17, 15) is 4.79 Å². The van der Waals surface area contributed by atoms with Gasteiger partial charge in [-0.2, -0.15) is 0 Å². The summed E-state index contributed by atoms with van der Waals surface area (Å²) >= 11 is 0. The number of carbonyl (C=O) groups is 1. The minimum Gasteiger partial charge on any atom is -0.494 e. The number of benzene rings is 3. The molecule has 0 saturated carbocycles. The monoisotopic (exact) mass is 482 g/mol. The van der Waals surface area contributed by atoms with E-state index in [-0.39, 0.29) is 5.97 Å². The summed E-state index contributed by atoms with van der Waals surface area (Å²) in [5, 5.41) is 0. The Labute approximate surface area is 204 Å². The Morgan fingerprint density at radius 1 is 0.706 bits per heavy atom. The number of hydrogen-bond donors (Lipinski definition) is 0. The first-order valence-corrected chi connectivity index (χ1v) is 13.4. The highest BCUT2D eigenvalue weighted by Gasteiger charge is 2.41. The Hall–Kier alpha value is -3.12. The lowest BCUT2D eigenvalue weighted by atomic mass is 10.3. The normalized spacial score (nSPS) is 11.5. The van der Waals surface area contributed by atoms with Gasteiger partial charge in [0.1, 0.15) is 22.1 Å². The third kappa shape index (κ3) is 5.50. The van der Waals surface area contributed by atoms with Crippen molar-refractivity contribution in [3.05, 3.63) is 72.8 Å². The average molecular weight is 483 g/mol. The van der Waals surface area contributed by atoms with Crippen LogP contribution in [0, 0.1) is 0 Å². The molecule has 0 aromatic heterocycles. The van der Waals surface area contributed by atoms with Crippen LogP contribution in [0.5, 0.6) is 17.2 Å². The lowest BCUT2D eigenvalue weighted by Crippen LogP contribution is -2.16. The van der Waals surface area contributed by atoms with E-state index >= 15 is 0 Å². The predicted molar refractivity (Wildman–Crippen MR) is 136 cm³/mol. The maximum absolute atomic E-state index is 13.2. The van der Waals surface area contributed by atoms with Crippen molar-refractivity contribution in [2.45, 2.75) is 55.2 Å². The fraction of sp³-hybridized carbons (Fsp3) is 0.321. The average Bonchev–Trinajstić information content (AvgIpc) is 2.85. The number of hydrogen-bond acceptors (Lipinski definition) is 5. The van der Waals surface area contributed by atoms with Gasteiger partial charge < -0.3 is 18.4 Å². The molecule has 34 heavy (non-hydrogen) atoms. The summed E-state index contributed by atoms with van der Waals surface area (Å²) in [5.74, 6) is 1.56. The standard InChI is InChI=1S/C28H34O5S/c1-5-15-27(29)33-34(23-16-11-9-12-17-23,24-18-13-10-14-19-24)28-25(31-7-3)20-22(30-6-2)21-26(28)32-8-4/h9-14,16-21H,5-8,15H2,1-4H3. The second kappa shape index (κ2) is 12.4. The first-order valence-electron chi connectivity index (χ1n) is 11.8. The Bertz CT molecular complexity index is 986. The molecule has 0 radical (unpaired) electrons. The van der Waals surface area contributed by atoms with Crippen LogP contribution in [0.25, 0.3) is 0 Å². The van der Waals surface area contributed by atoms with E-state index in [4.69, 9.17) is 18.4 Å². The van der Waals surface area contributed by atoms with Crippen LogP contribution < -0.4 is 14.2 Å². The first kappa shape index (κ1) is 25.5. The Balaban J connectivity index is 2.45. The van der Waals surface area contributed by atoms with Crippen molar-refractivity contribution in [3.63, 3.8) is 0 Å². The Kier molecular flexibility index (Phi) is 9.28. The lowest BCUT2D eigenvalue weighted by molar-refractivity contribution is -0.133. The fourth-order valence-corrected chi connectivity index (χ4v) is 7.00. The molecule has 6 heteroatoms. The molecule has 0 aliphatic carbocycles. The molecule has 0 aliphatic heterocycles. The molecule has 3 rings (SSSR count). The van der Waals surface area contributed by atoms with E-state index < -0.39 is 10.3 Å². The molecule has 0 unspecified atom stereocenters. The molecular formula is C28H34O5S. The van der Waals surface area contributed by atoms with Gasteiger partial charge in [0, 0.05) is 38.7 Å². The van der Waals surface area contributed by atoms with Crippen LogP contribution in [-0.4, -0.2) is 25.8 Å². The molecule has 0 bridgehead atoms. The molecule has 3 aromatic rings. The number of ether oxygens (including phenoxy) is 3. The quantitative estimate of drug-likeness (QED) is 0.269. The van der Waals surface area contributed by atoms with Gasteiger partial charge in [-0.25, -0.2) is 0 Å². The lowest BCUT2D eigenvalue weighted by Gasteiger charge is -2.41. The smallest absolute Gasteiger partial charge is 0.317 e. The first-order chi connectivity index (χ1) is 16.6. The molecule has 0 N–H and O–H groups in total. The van der Waals surface area contributed by atoms with Crippen molar-refractivity contribution in [2.75, 3.05) is 19.8 Å². The van der Waals surface area contributed by atoms with Crippen LogP contribution in [0.4, 0.5) is 0 Å². The van der Waals surface area contributed by atoms with Crippen molar-refractivity contribution in [1.82, 2.24) is 0 Å². The molecule has 0 amide bonds. The van der Waals surface area contributed by atoms with E-state index in [2.05, 4.69) is 0 Å². The van der Waals surface area contributed by atoms with E-state index in [1.54, 1.807) is 0 Å². The fourth-order valence-electron chi connectivity index (χ4n) is 3.73. The van der Waals surface area contributed by atoms with E-state index in [1.165, 1.54) is 0 Å². The van der Waals surface area contributed by atoms with Gasteiger partial charge in [-0.15, -0.1) is 0 Å². The SMILES string of the molecule is CCCC(=O)OS(c1ccccc1)(c1ccccc1)c1c(OCC)cc(OCC)cc1OCC. The van der Waals surface area contributed by atoms with Gasteiger partial charge in [0.25, 0.3) is 0 Å². The van der Waals surface area contributed by atoms with Gasteiger partial charge in [-0.3, -0.25) is 4.79 Å². The summed E-state index contributed by atoms with van der Waals surface area (Å²) in [6, 6.07) is 23.5. The molecule has 0 heterocycles. The molecule has 3 aromatic carbocycles. The van der Waals surface area contributed by atoms with Gasteiger partial charge in [0.15, 0.2) is 0 Å². The molecule has 0 spiro atoms. The minimum atomic E-state index is -2.55. The molecule has 0 fully saturated rings. The van der Waals surface area contributed by atoms with Crippen molar-refractivity contribution in [3.8, 4) is 17.2 Å². The second-order valence-electron chi connectivity index (χ2n) is 7.44. The Morgan fingerprint density at radius 2 is 1.18 bits per heavy atom. The summed E-state index contributed by atoms with van der Waals surface area (Å²) < 4.78 is 24.7. The minimum absolute atomic E-state index is 0.260. The topological polar surface area (TPSA) is 54.0 Å². The summed E-state index contributed by atoms with van der Waals surface area (Å²) in [5.41, 5.74) is 0. The van der Waals surface area contributed by atoms with Crippen LogP contribution >= 0.6 is 10.3 Å². The van der Waals surface area contributed by atoms with Crippen LogP contribution in [0.1, 0.15) is 40.5 Å². The zero-order valence-electron chi connectivity index (χ0n) is 20.4. The van der Waals surface area contributed by atoms with Crippen LogP contribution in [-0.2, 0) is 8.98 Å². The molecule has 182 valence electrons. The third-order valence-electron chi connectivity index (χ3n) is 5.01. The number of carbonyl (C=O) groups excluding carboxylic acids is 1. The van der Waals surface area contributed by atoms with E-state index in [0.29, 0.717) is 49.9 Å². The summed E-state index contributed by atoms with van der Waals surface area (Å²) in [4.78, 5) is 15.7. The van der Waals surface area contributed by atoms with Gasteiger partial charge in [0.2, 0.25) is 0 Å². The molecule has 0 aliphatic rings. The van der Waals surface area contributed by atoms with Gasteiger partial charge >= 0.3 is 5.97 Å². The molecular weight excluding hydrogens is 448 g/mol. The van der Waals surface area contributed by atoms with E-state index in [0.717, 1.165) is 14.7 Å². The molecule has 5 nitrogen and oxygen atoms in total. The van der Waals surface area contributed by atoms with Crippen molar-refractivity contribution in [1.29, 1.82) is 0 Å².